The lowest BCUT2D eigenvalue weighted by Crippen LogP contribution is -2.55. The Morgan fingerprint density at radius 2 is 1.62 bits per heavy atom. The third-order valence-electron chi connectivity index (χ3n) is 5.32. The molecule has 2 amide bonds. The minimum Gasteiger partial charge on any atom is -0.352 e. The van der Waals surface area contributed by atoms with Gasteiger partial charge in [0, 0.05) is 52.4 Å². The van der Waals surface area contributed by atoms with Crippen LogP contribution in [0.1, 0.15) is 34.1 Å². The first kappa shape index (κ1) is 25.9. The molecular formula is C20H39IN6O2. The molecule has 0 bridgehead atoms. The maximum Gasteiger partial charge on any atom is 0.239 e. The van der Waals surface area contributed by atoms with E-state index in [1.54, 1.807) is 7.05 Å². The summed E-state index contributed by atoms with van der Waals surface area (Å²) in [5, 5.41) is 6.00. The number of hydrogen-bond donors (Lipinski definition) is 2. The van der Waals surface area contributed by atoms with Crippen LogP contribution in [-0.4, -0.2) is 97.9 Å². The number of aliphatic imine (C=N–C) groups is 1. The van der Waals surface area contributed by atoms with Gasteiger partial charge in [-0.1, -0.05) is 13.8 Å². The number of guanidine groups is 1. The van der Waals surface area contributed by atoms with Crippen molar-refractivity contribution in [3.8, 4) is 0 Å². The standard InChI is InChI=1S/C20H38N6O2.HI/c1-15(2)23-18(27)11-22-20(21-5)25-8-6-24(7-9-25)14-19(28)26-12-16(3)10-17(4)13-26;/h15-17H,6-14H2,1-5H3,(H,21,22)(H,23,27);1H. The summed E-state index contributed by atoms with van der Waals surface area (Å²) in [6, 6.07) is 0.128. The number of hydrogen-bond acceptors (Lipinski definition) is 4. The maximum atomic E-state index is 12.7. The average molecular weight is 522 g/mol. The normalized spacial score (nSPS) is 23.6. The van der Waals surface area contributed by atoms with Gasteiger partial charge in [0.25, 0.3) is 0 Å². The predicted molar refractivity (Wildman–Crippen MR) is 128 cm³/mol. The summed E-state index contributed by atoms with van der Waals surface area (Å²) in [5.41, 5.74) is 0. The Hall–Kier alpha value is -1.10. The lowest BCUT2D eigenvalue weighted by Gasteiger charge is -2.39. The molecule has 0 aliphatic carbocycles. The summed E-state index contributed by atoms with van der Waals surface area (Å²) in [6.07, 6.45) is 1.21. The van der Waals surface area contributed by atoms with Crippen LogP contribution in [0.15, 0.2) is 4.99 Å². The molecule has 2 aliphatic heterocycles. The monoisotopic (exact) mass is 522 g/mol. The van der Waals surface area contributed by atoms with Gasteiger partial charge in [0.05, 0.1) is 13.1 Å². The molecule has 2 atom stereocenters. The molecule has 8 nitrogen and oxygen atoms in total. The van der Waals surface area contributed by atoms with Crippen LogP contribution in [0.25, 0.3) is 0 Å². The van der Waals surface area contributed by atoms with Crippen molar-refractivity contribution in [3.63, 3.8) is 0 Å². The molecule has 0 aromatic rings. The van der Waals surface area contributed by atoms with E-state index < -0.39 is 0 Å². The second-order valence-electron chi connectivity index (χ2n) is 8.63. The molecule has 0 aromatic heterocycles. The van der Waals surface area contributed by atoms with Crippen molar-refractivity contribution in [2.45, 2.75) is 40.2 Å². The quantitative estimate of drug-likeness (QED) is 0.318. The summed E-state index contributed by atoms with van der Waals surface area (Å²) in [7, 11) is 1.73. The van der Waals surface area contributed by atoms with Crippen molar-refractivity contribution in [1.82, 2.24) is 25.3 Å². The van der Waals surface area contributed by atoms with Crippen molar-refractivity contribution in [1.29, 1.82) is 0 Å². The van der Waals surface area contributed by atoms with Gasteiger partial charge < -0.3 is 20.4 Å². The Morgan fingerprint density at radius 3 is 2.14 bits per heavy atom. The van der Waals surface area contributed by atoms with Crippen LogP contribution in [0.4, 0.5) is 0 Å². The number of halogens is 1. The largest absolute Gasteiger partial charge is 0.352 e. The second-order valence-corrected chi connectivity index (χ2v) is 8.63. The van der Waals surface area contributed by atoms with Crippen LogP contribution in [0.5, 0.6) is 0 Å². The lowest BCUT2D eigenvalue weighted by atomic mass is 9.92. The van der Waals surface area contributed by atoms with E-state index in [-0.39, 0.29) is 48.4 Å². The van der Waals surface area contributed by atoms with Crippen molar-refractivity contribution < 1.29 is 9.59 Å². The fourth-order valence-electron chi connectivity index (χ4n) is 4.14. The first-order valence-corrected chi connectivity index (χ1v) is 10.5. The Labute approximate surface area is 192 Å². The fourth-order valence-corrected chi connectivity index (χ4v) is 4.14. The number of piperidine rings is 1. The van der Waals surface area contributed by atoms with Crippen LogP contribution in [0.3, 0.4) is 0 Å². The van der Waals surface area contributed by atoms with Crippen LogP contribution < -0.4 is 10.6 Å². The number of carbonyl (C=O) groups excluding carboxylic acids is 2. The highest BCUT2D eigenvalue weighted by Crippen LogP contribution is 2.21. The van der Waals surface area contributed by atoms with Gasteiger partial charge in [-0.3, -0.25) is 19.5 Å². The van der Waals surface area contributed by atoms with Gasteiger partial charge in [0.2, 0.25) is 11.8 Å². The van der Waals surface area contributed by atoms with Crippen LogP contribution in [0.2, 0.25) is 0 Å². The van der Waals surface area contributed by atoms with Crippen molar-refractivity contribution in [2.75, 3.05) is 59.4 Å². The summed E-state index contributed by atoms with van der Waals surface area (Å²) in [5.74, 6) is 2.13. The second kappa shape index (κ2) is 12.6. The first-order chi connectivity index (χ1) is 13.3. The van der Waals surface area contributed by atoms with Gasteiger partial charge in [-0.2, -0.15) is 0 Å². The molecule has 0 saturated carbocycles. The van der Waals surface area contributed by atoms with Crippen molar-refractivity contribution in [2.24, 2.45) is 16.8 Å². The number of amides is 2. The van der Waals surface area contributed by atoms with E-state index in [9.17, 15) is 9.59 Å². The molecule has 9 heteroatoms. The topological polar surface area (TPSA) is 80.3 Å². The number of nitrogens with zero attached hydrogens (tertiary/aromatic N) is 4. The molecule has 2 aliphatic rings. The fraction of sp³-hybridized carbons (Fsp3) is 0.850. The van der Waals surface area contributed by atoms with E-state index in [0.29, 0.717) is 18.4 Å². The van der Waals surface area contributed by atoms with Gasteiger partial charge in [0.1, 0.15) is 0 Å². The molecule has 29 heavy (non-hydrogen) atoms. The molecule has 2 rings (SSSR count). The Kier molecular flexibility index (Phi) is 11.2. The highest BCUT2D eigenvalue weighted by Gasteiger charge is 2.28. The molecule has 2 heterocycles. The van der Waals surface area contributed by atoms with Gasteiger partial charge in [-0.05, 0) is 32.1 Å². The Morgan fingerprint density at radius 1 is 1.03 bits per heavy atom. The Balaban J connectivity index is 0.00000420. The molecule has 2 saturated heterocycles. The summed E-state index contributed by atoms with van der Waals surface area (Å²) >= 11 is 0. The van der Waals surface area contributed by atoms with E-state index in [1.165, 1.54) is 6.42 Å². The molecule has 0 spiro atoms. The zero-order valence-electron chi connectivity index (χ0n) is 18.6. The maximum absolute atomic E-state index is 12.7. The van der Waals surface area contributed by atoms with Gasteiger partial charge in [-0.25, -0.2) is 0 Å². The van der Waals surface area contributed by atoms with Gasteiger partial charge in [-0.15, -0.1) is 24.0 Å². The summed E-state index contributed by atoms with van der Waals surface area (Å²) in [6.45, 7) is 14.1. The number of likely N-dealkylation sites (tertiary alicyclic amines) is 1. The van der Waals surface area contributed by atoms with Crippen LogP contribution >= 0.6 is 24.0 Å². The number of piperazine rings is 1. The van der Waals surface area contributed by atoms with E-state index in [4.69, 9.17) is 0 Å². The van der Waals surface area contributed by atoms with E-state index in [2.05, 4.69) is 39.3 Å². The van der Waals surface area contributed by atoms with E-state index >= 15 is 0 Å². The SMILES string of the molecule is CN=C(NCC(=O)NC(C)C)N1CCN(CC(=O)N2CC(C)CC(C)C2)CC1.I. The Bertz CT molecular complexity index is 553. The molecule has 2 fully saturated rings. The molecule has 0 radical (unpaired) electrons. The number of carbonyl (C=O) groups is 2. The number of rotatable bonds is 5. The lowest BCUT2D eigenvalue weighted by molar-refractivity contribution is -0.135. The van der Waals surface area contributed by atoms with Crippen LogP contribution in [0, 0.1) is 11.8 Å². The molecular weight excluding hydrogens is 483 g/mol. The third-order valence-corrected chi connectivity index (χ3v) is 5.32. The summed E-state index contributed by atoms with van der Waals surface area (Å²) in [4.78, 5) is 35.2. The van der Waals surface area contributed by atoms with Crippen molar-refractivity contribution >= 4 is 41.8 Å². The minimum atomic E-state index is -0.0367. The molecule has 2 unspecified atom stereocenters. The first-order valence-electron chi connectivity index (χ1n) is 10.5. The number of nitrogens with one attached hydrogen (secondary N) is 2. The average Bonchev–Trinajstić information content (AvgIpc) is 2.62. The van der Waals surface area contributed by atoms with E-state index in [1.807, 2.05) is 18.7 Å². The molecule has 0 aromatic carbocycles. The zero-order chi connectivity index (χ0) is 20.7. The van der Waals surface area contributed by atoms with E-state index in [0.717, 1.165) is 45.2 Å². The zero-order valence-corrected chi connectivity index (χ0v) is 20.9. The molecule has 168 valence electrons. The highest BCUT2D eigenvalue weighted by molar-refractivity contribution is 14.0. The van der Waals surface area contributed by atoms with Crippen molar-refractivity contribution in [3.05, 3.63) is 0 Å². The molecule has 2 N–H and O–H groups in total. The highest BCUT2D eigenvalue weighted by atomic mass is 127. The summed E-state index contributed by atoms with van der Waals surface area (Å²) < 4.78 is 0. The smallest absolute Gasteiger partial charge is 0.239 e. The third kappa shape index (κ3) is 8.65. The van der Waals surface area contributed by atoms with Crippen LogP contribution in [-0.2, 0) is 9.59 Å². The van der Waals surface area contributed by atoms with Gasteiger partial charge >= 0.3 is 0 Å². The minimum absolute atomic E-state index is 0. The van der Waals surface area contributed by atoms with Gasteiger partial charge in [0.15, 0.2) is 5.96 Å². The predicted octanol–water partition coefficient (Wildman–Crippen LogP) is 0.827.